The molecule has 0 saturated carbocycles. The zero-order valence-electron chi connectivity index (χ0n) is 15.9. The number of benzene rings is 2. The lowest BCUT2D eigenvalue weighted by molar-refractivity contribution is 0.102. The largest absolute Gasteiger partial charge is 0.497 e. The fourth-order valence-corrected chi connectivity index (χ4v) is 3.44. The van der Waals surface area contributed by atoms with E-state index in [9.17, 15) is 4.79 Å². The summed E-state index contributed by atoms with van der Waals surface area (Å²) < 4.78 is 10.5. The summed E-state index contributed by atoms with van der Waals surface area (Å²) in [6.45, 7) is 2.03. The predicted molar refractivity (Wildman–Crippen MR) is 108 cm³/mol. The molecule has 1 saturated heterocycles. The number of carbonyl (C=O) groups is 1. The molecule has 2 heterocycles. The second-order valence-electron chi connectivity index (χ2n) is 6.68. The van der Waals surface area contributed by atoms with Crippen LogP contribution in [0.1, 0.15) is 23.2 Å². The van der Waals surface area contributed by atoms with Crippen LogP contribution in [0.15, 0.2) is 42.7 Å². The first-order valence-corrected chi connectivity index (χ1v) is 9.22. The maximum atomic E-state index is 12.7. The van der Waals surface area contributed by atoms with E-state index in [-0.39, 0.29) is 5.91 Å². The predicted octanol–water partition coefficient (Wildman–Crippen LogP) is 3.50. The average Bonchev–Trinajstić information content (AvgIpc) is 3.27. The molecule has 1 aromatic heterocycles. The van der Waals surface area contributed by atoms with Gasteiger partial charge in [-0.05, 0) is 43.2 Å². The fraction of sp³-hybridized carbons (Fsp3) is 0.286. The third kappa shape index (κ3) is 3.55. The van der Waals surface area contributed by atoms with E-state index < -0.39 is 0 Å². The number of hydrogen-bond acceptors (Lipinski definition) is 6. The normalized spacial score (nSPS) is 13.6. The van der Waals surface area contributed by atoms with Crippen LogP contribution in [0.3, 0.4) is 0 Å². The molecule has 7 heteroatoms. The molecule has 2 aromatic carbocycles. The maximum absolute atomic E-state index is 12.7. The second-order valence-corrected chi connectivity index (χ2v) is 6.68. The van der Waals surface area contributed by atoms with E-state index in [4.69, 9.17) is 9.47 Å². The first-order valence-electron chi connectivity index (χ1n) is 9.22. The lowest BCUT2D eigenvalue weighted by atomic mass is 10.1. The number of aromatic nitrogens is 2. The van der Waals surface area contributed by atoms with Crippen molar-refractivity contribution in [3.63, 3.8) is 0 Å². The van der Waals surface area contributed by atoms with Crippen LogP contribution < -0.4 is 19.7 Å². The first kappa shape index (κ1) is 18.0. The van der Waals surface area contributed by atoms with E-state index >= 15 is 0 Å². The summed E-state index contributed by atoms with van der Waals surface area (Å²) in [7, 11) is 3.11. The molecule has 0 radical (unpaired) electrons. The van der Waals surface area contributed by atoms with Crippen molar-refractivity contribution in [3.05, 3.63) is 48.3 Å². The van der Waals surface area contributed by atoms with Crippen LogP contribution in [0.5, 0.6) is 11.5 Å². The van der Waals surface area contributed by atoms with Crippen LogP contribution in [0, 0.1) is 0 Å². The Hall–Kier alpha value is -3.35. The van der Waals surface area contributed by atoms with Gasteiger partial charge in [0.2, 0.25) is 0 Å². The van der Waals surface area contributed by atoms with Crippen molar-refractivity contribution in [2.24, 2.45) is 0 Å². The third-order valence-electron chi connectivity index (χ3n) is 4.89. The molecule has 7 nitrogen and oxygen atoms in total. The Morgan fingerprint density at radius 1 is 1.00 bits per heavy atom. The highest BCUT2D eigenvalue weighted by Crippen LogP contribution is 2.28. The van der Waals surface area contributed by atoms with Gasteiger partial charge in [0.25, 0.3) is 5.91 Å². The number of fused-ring (bicyclic) bond motifs is 1. The lowest BCUT2D eigenvalue weighted by Crippen LogP contribution is -2.19. The highest BCUT2D eigenvalue weighted by atomic mass is 16.5. The Balaban J connectivity index is 1.61. The van der Waals surface area contributed by atoms with Gasteiger partial charge in [-0.3, -0.25) is 4.79 Å². The number of carbonyl (C=O) groups excluding carboxylic acids is 1. The van der Waals surface area contributed by atoms with Crippen LogP contribution in [0.4, 0.5) is 11.5 Å². The molecule has 1 aliphatic heterocycles. The minimum atomic E-state index is -0.245. The molecule has 144 valence electrons. The topological polar surface area (TPSA) is 76.6 Å². The van der Waals surface area contributed by atoms with Crippen LogP contribution >= 0.6 is 0 Å². The summed E-state index contributed by atoms with van der Waals surface area (Å²) in [5.74, 6) is 1.83. The minimum Gasteiger partial charge on any atom is -0.497 e. The molecular weight excluding hydrogens is 356 g/mol. The zero-order chi connectivity index (χ0) is 19.5. The molecule has 1 N–H and O–H groups in total. The van der Waals surface area contributed by atoms with Gasteiger partial charge in [0.15, 0.2) is 0 Å². The lowest BCUT2D eigenvalue weighted by Gasteiger charge is -2.18. The molecule has 1 aliphatic rings. The zero-order valence-corrected chi connectivity index (χ0v) is 15.9. The van der Waals surface area contributed by atoms with Crippen LogP contribution in [0.2, 0.25) is 0 Å². The summed E-state index contributed by atoms with van der Waals surface area (Å²) in [6, 6.07) is 10.8. The van der Waals surface area contributed by atoms with E-state index in [0.717, 1.165) is 29.8 Å². The van der Waals surface area contributed by atoms with Gasteiger partial charge < -0.3 is 19.7 Å². The number of nitrogens with one attached hydrogen (secondary N) is 1. The molecule has 0 unspecified atom stereocenters. The van der Waals surface area contributed by atoms with Gasteiger partial charge in [0.1, 0.15) is 23.6 Å². The van der Waals surface area contributed by atoms with E-state index in [1.807, 2.05) is 18.2 Å². The van der Waals surface area contributed by atoms with Crippen LogP contribution in [-0.4, -0.2) is 43.2 Å². The first-order chi connectivity index (χ1) is 13.7. The van der Waals surface area contributed by atoms with E-state index in [1.165, 1.54) is 12.8 Å². The Bertz CT molecular complexity index is 993. The van der Waals surface area contributed by atoms with Gasteiger partial charge in [0, 0.05) is 35.8 Å². The molecule has 1 amide bonds. The fourth-order valence-electron chi connectivity index (χ4n) is 3.44. The van der Waals surface area contributed by atoms with Crippen molar-refractivity contribution in [2.45, 2.75) is 12.8 Å². The summed E-state index contributed by atoms with van der Waals surface area (Å²) in [5, 5.41) is 3.91. The molecule has 0 spiro atoms. The standard InChI is InChI=1S/C21H22N4O3/c1-27-16-9-14(10-17(12-16)28-2)21(26)24-15-5-6-18-19(11-15)22-13-23-20(18)25-7-3-4-8-25/h5-6,9-13H,3-4,7-8H2,1-2H3,(H,24,26). The SMILES string of the molecule is COc1cc(OC)cc(C(=O)Nc2ccc3c(N4CCCC4)ncnc3c2)c1. The minimum absolute atomic E-state index is 0.245. The Labute approximate surface area is 163 Å². The van der Waals surface area contributed by atoms with Gasteiger partial charge in [0.05, 0.1) is 19.7 Å². The quantitative estimate of drug-likeness (QED) is 0.732. The maximum Gasteiger partial charge on any atom is 0.255 e. The molecule has 3 aromatic rings. The number of nitrogens with zero attached hydrogens (tertiary/aromatic N) is 3. The smallest absolute Gasteiger partial charge is 0.255 e. The van der Waals surface area contributed by atoms with E-state index in [2.05, 4.69) is 20.2 Å². The van der Waals surface area contributed by atoms with Gasteiger partial charge >= 0.3 is 0 Å². The number of ether oxygens (including phenoxy) is 2. The van der Waals surface area contributed by atoms with Crippen molar-refractivity contribution in [3.8, 4) is 11.5 Å². The number of anilines is 2. The molecular formula is C21H22N4O3. The summed E-state index contributed by atoms with van der Waals surface area (Å²) in [5.41, 5.74) is 1.93. The Morgan fingerprint density at radius 2 is 1.71 bits per heavy atom. The van der Waals surface area contributed by atoms with Crippen molar-refractivity contribution < 1.29 is 14.3 Å². The molecule has 1 fully saturated rings. The van der Waals surface area contributed by atoms with Crippen LogP contribution in [-0.2, 0) is 0 Å². The van der Waals surface area contributed by atoms with Crippen molar-refractivity contribution >= 4 is 28.3 Å². The number of amides is 1. The number of rotatable bonds is 5. The average molecular weight is 378 g/mol. The number of hydrogen-bond donors (Lipinski definition) is 1. The van der Waals surface area contributed by atoms with Gasteiger partial charge in [-0.1, -0.05) is 0 Å². The molecule has 0 aliphatic carbocycles. The second kappa shape index (κ2) is 7.72. The van der Waals surface area contributed by atoms with Crippen molar-refractivity contribution in [1.29, 1.82) is 0 Å². The summed E-state index contributed by atoms with van der Waals surface area (Å²) in [4.78, 5) is 23.8. The monoisotopic (exact) mass is 378 g/mol. The van der Waals surface area contributed by atoms with Crippen LogP contribution in [0.25, 0.3) is 10.9 Å². The highest BCUT2D eigenvalue weighted by Gasteiger charge is 2.17. The van der Waals surface area contributed by atoms with Gasteiger partial charge in [-0.15, -0.1) is 0 Å². The Morgan fingerprint density at radius 3 is 2.39 bits per heavy atom. The van der Waals surface area contributed by atoms with E-state index in [1.54, 1.807) is 38.7 Å². The summed E-state index contributed by atoms with van der Waals surface area (Å²) >= 11 is 0. The molecule has 4 rings (SSSR count). The highest BCUT2D eigenvalue weighted by molar-refractivity contribution is 6.06. The Kier molecular flexibility index (Phi) is 4.97. The van der Waals surface area contributed by atoms with Crippen molar-refractivity contribution in [1.82, 2.24) is 9.97 Å². The molecule has 0 bridgehead atoms. The molecule has 28 heavy (non-hydrogen) atoms. The van der Waals surface area contributed by atoms with Crippen molar-refractivity contribution in [2.75, 3.05) is 37.5 Å². The van der Waals surface area contributed by atoms with E-state index in [0.29, 0.717) is 22.7 Å². The van der Waals surface area contributed by atoms with Gasteiger partial charge in [-0.2, -0.15) is 0 Å². The van der Waals surface area contributed by atoms with Gasteiger partial charge in [-0.25, -0.2) is 9.97 Å². The third-order valence-corrected chi connectivity index (χ3v) is 4.89. The summed E-state index contributed by atoms with van der Waals surface area (Å²) in [6.07, 6.45) is 3.95. The number of methoxy groups -OCH3 is 2. The molecule has 0 atom stereocenters.